The molecule has 1 aromatic carbocycles. The van der Waals surface area contributed by atoms with Gasteiger partial charge < -0.3 is 10.2 Å². The molecule has 3 heterocycles. The van der Waals surface area contributed by atoms with Gasteiger partial charge in [0, 0.05) is 49.8 Å². The summed E-state index contributed by atoms with van der Waals surface area (Å²) in [5.41, 5.74) is 4.51. The number of aromatic nitrogens is 4. The summed E-state index contributed by atoms with van der Waals surface area (Å²) in [4.78, 5) is 23.1. The smallest absolute Gasteiger partial charge is 0.257 e. The van der Waals surface area contributed by atoms with E-state index in [1.165, 1.54) is 0 Å². The minimum Gasteiger partial charge on any atom is -0.336 e. The second kappa shape index (κ2) is 7.28. The van der Waals surface area contributed by atoms with Gasteiger partial charge in [0.05, 0.1) is 16.9 Å². The summed E-state index contributed by atoms with van der Waals surface area (Å²) >= 11 is 0. The highest BCUT2D eigenvalue weighted by Gasteiger charge is 2.18. The molecule has 7 heteroatoms. The maximum absolute atomic E-state index is 12.5. The quantitative estimate of drug-likeness (QED) is 0.771. The minimum atomic E-state index is -0.0112. The van der Waals surface area contributed by atoms with Gasteiger partial charge in [-0.2, -0.15) is 5.10 Å². The lowest BCUT2D eigenvalue weighted by atomic mass is 10.2. The number of nitrogens with zero attached hydrogens (tertiary/aromatic N) is 5. The molecule has 1 saturated heterocycles. The maximum Gasteiger partial charge on any atom is 0.257 e. The molecule has 138 valence electrons. The third-order valence-corrected chi connectivity index (χ3v) is 4.68. The Kier molecular flexibility index (Phi) is 4.68. The molecule has 4 rings (SSSR count). The second-order valence-corrected chi connectivity index (χ2v) is 6.72. The van der Waals surface area contributed by atoms with Crippen LogP contribution in [-0.4, -0.2) is 56.7 Å². The number of rotatable bonds is 3. The number of hydrogen-bond acceptors (Lipinski definition) is 5. The van der Waals surface area contributed by atoms with Crippen LogP contribution in [0, 0.1) is 13.8 Å². The van der Waals surface area contributed by atoms with Crippen molar-refractivity contribution >= 4 is 5.91 Å². The van der Waals surface area contributed by atoms with Crippen molar-refractivity contribution in [1.29, 1.82) is 0 Å². The van der Waals surface area contributed by atoms with E-state index >= 15 is 0 Å². The number of benzene rings is 1. The summed E-state index contributed by atoms with van der Waals surface area (Å²) in [6.07, 6.45) is 3.23. The fourth-order valence-electron chi connectivity index (χ4n) is 3.28. The number of hydrogen-bond donors (Lipinski definition) is 1. The van der Waals surface area contributed by atoms with E-state index in [1.807, 2.05) is 53.8 Å². The lowest BCUT2D eigenvalue weighted by molar-refractivity contribution is 0.0735. The van der Waals surface area contributed by atoms with Gasteiger partial charge in [-0.25, -0.2) is 14.6 Å². The van der Waals surface area contributed by atoms with Crippen molar-refractivity contribution in [3.63, 3.8) is 0 Å². The number of carbonyl (C=O) groups is 1. The highest BCUT2D eigenvalue weighted by atomic mass is 16.2. The van der Waals surface area contributed by atoms with E-state index in [1.54, 1.807) is 12.4 Å². The molecule has 0 atom stereocenters. The Morgan fingerprint density at radius 1 is 1.04 bits per heavy atom. The molecule has 0 saturated carbocycles. The zero-order valence-electron chi connectivity index (χ0n) is 15.5. The van der Waals surface area contributed by atoms with Gasteiger partial charge in [0.2, 0.25) is 0 Å². The van der Waals surface area contributed by atoms with Crippen LogP contribution in [0.15, 0.2) is 42.7 Å². The van der Waals surface area contributed by atoms with Crippen molar-refractivity contribution in [2.75, 3.05) is 26.2 Å². The average Bonchev–Trinajstić information content (AvgIpc) is 3.06. The van der Waals surface area contributed by atoms with Crippen LogP contribution in [0.3, 0.4) is 0 Å². The van der Waals surface area contributed by atoms with Crippen molar-refractivity contribution in [2.24, 2.45) is 0 Å². The van der Waals surface area contributed by atoms with E-state index < -0.39 is 0 Å². The molecule has 0 radical (unpaired) electrons. The number of carbonyl (C=O) groups excluding carboxylic acids is 1. The minimum absolute atomic E-state index is 0.0112. The van der Waals surface area contributed by atoms with E-state index in [2.05, 4.69) is 20.4 Å². The van der Waals surface area contributed by atoms with E-state index in [0.29, 0.717) is 24.5 Å². The molecule has 1 N–H and O–H groups in total. The summed E-state index contributed by atoms with van der Waals surface area (Å²) in [6.45, 7) is 7.10. The monoisotopic (exact) mass is 362 g/mol. The first-order chi connectivity index (χ1) is 13.1. The van der Waals surface area contributed by atoms with Crippen LogP contribution in [0.5, 0.6) is 0 Å². The third-order valence-electron chi connectivity index (χ3n) is 4.68. The van der Waals surface area contributed by atoms with Crippen molar-refractivity contribution in [1.82, 2.24) is 30.0 Å². The average molecular weight is 362 g/mol. The summed E-state index contributed by atoms with van der Waals surface area (Å²) < 4.78 is 1.91. The summed E-state index contributed by atoms with van der Waals surface area (Å²) in [7, 11) is 0. The third kappa shape index (κ3) is 3.59. The van der Waals surface area contributed by atoms with E-state index in [-0.39, 0.29) is 5.91 Å². The van der Waals surface area contributed by atoms with Gasteiger partial charge in [-0.1, -0.05) is 0 Å². The van der Waals surface area contributed by atoms with Crippen molar-refractivity contribution in [3.8, 4) is 17.1 Å². The fraction of sp³-hybridized carbons (Fsp3) is 0.300. The van der Waals surface area contributed by atoms with Crippen LogP contribution in [-0.2, 0) is 0 Å². The van der Waals surface area contributed by atoms with Gasteiger partial charge >= 0.3 is 0 Å². The first-order valence-electron chi connectivity index (χ1n) is 9.08. The Bertz CT molecular complexity index is 940. The molecule has 1 aliphatic heterocycles. The molecule has 1 aliphatic rings. The molecule has 7 nitrogen and oxygen atoms in total. The first kappa shape index (κ1) is 17.4. The normalized spacial score (nSPS) is 14.4. The predicted octanol–water partition coefficient (Wildman–Crippen LogP) is 1.99. The number of nitrogens with one attached hydrogen (secondary N) is 1. The van der Waals surface area contributed by atoms with Crippen LogP contribution in [0.25, 0.3) is 17.1 Å². The molecule has 0 bridgehead atoms. The molecule has 1 fully saturated rings. The van der Waals surface area contributed by atoms with Crippen molar-refractivity contribution < 1.29 is 4.79 Å². The standard InChI is InChI=1S/C20H22N6O/c1-14-11-15(2)26(24-14)18-5-3-16(4-6-18)19-22-12-17(13-23-19)20(27)25-9-7-21-8-10-25/h3-6,11-13,21H,7-10H2,1-2H3. The van der Waals surface area contributed by atoms with Gasteiger partial charge in [0.1, 0.15) is 0 Å². The highest BCUT2D eigenvalue weighted by Crippen LogP contribution is 2.19. The Morgan fingerprint density at radius 3 is 2.30 bits per heavy atom. The fourth-order valence-corrected chi connectivity index (χ4v) is 3.28. The van der Waals surface area contributed by atoms with Crippen LogP contribution >= 0.6 is 0 Å². The van der Waals surface area contributed by atoms with Crippen LogP contribution < -0.4 is 5.32 Å². The topological polar surface area (TPSA) is 75.9 Å². The highest BCUT2D eigenvalue weighted by molar-refractivity contribution is 5.93. The zero-order valence-corrected chi connectivity index (χ0v) is 15.5. The van der Waals surface area contributed by atoms with Crippen LogP contribution in [0.1, 0.15) is 21.7 Å². The van der Waals surface area contributed by atoms with E-state index in [0.717, 1.165) is 35.7 Å². The van der Waals surface area contributed by atoms with Crippen LogP contribution in [0.2, 0.25) is 0 Å². The van der Waals surface area contributed by atoms with E-state index in [9.17, 15) is 4.79 Å². The Morgan fingerprint density at radius 2 is 1.70 bits per heavy atom. The first-order valence-corrected chi connectivity index (χ1v) is 9.08. The maximum atomic E-state index is 12.5. The Balaban J connectivity index is 1.52. The molecule has 0 spiro atoms. The van der Waals surface area contributed by atoms with Gasteiger partial charge in [-0.3, -0.25) is 4.79 Å². The van der Waals surface area contributed by atoms with Crippen molar-refractivity contribution in [3.05, 3.63) is 59.7 Å². The predicted molar refractivity (Wildman–Crippen MR) is 103 cm³/mol. The molecule has 0 aliphatic carbocycles. The van der Waals surface area contributed by atoms with Gasteiger partial charge in [-0.15, -0.1) is 0 Å². The second-order valence-electron chi connectivity index (χ2n) is 6.72. The zero-order chi connectivity index (χ0) is 18.8. The summed E-state index contributed by atoms with van der Waals surface area (Å²) in [5.74, 6) is 0.592. The summed E-state index contributed by atoms with van der Waals surface area (Å²) in [6, 6.07) is 9.98. The molecular formula is C20H22N6O. The SMILES string of the molecule is Cc1cc(C)n(-c2ccc(-c3ncc(C(=O)N4CCNCC4)cn3)cc2)n1. The molecular weight excluding hydrogens is 340 g/mol. The Labute approximate surface area is 158 Å². The molecule has 2 aromatic heterocycles. The lowest BCUT2D eigenvalue weighted by Gasteiger charge is -2.27. The number of aryl methyl sites for hydroxylation is 2. The molecule has 27 heavy (non-hydrogen) atoms. The molecule has 0 unspecified atom stereocenters. The largest absolute Gasteiger partial charge is 0.336 e. The lowest BCUT2D eigenvalue weighted by Crippen LogP contribution is -2.46. The van der Waals surface area contributed by atoms with Gasteiger partial charge in [0.15, 0.2) is 5.82 Å². The van der Waals surface area contributed by atoms with Gasteiger partial charge in [-0.05, 0) is 44.2 Å². The molecule has 3 aromatic rings. The molecule has 1 amide bonds. The number of amides is 1. The Hall–Kier alpha value is -3.06. The van der Waals surface area contributed by atoms with Crippen molar-refractivity contribution in [2.45, 2.75) is 13.8 Å². The van der Waals surface area contributed by atoms with Crippen LogP contribution in [0.4, 0.5) is 0 Å². The van der Waals surface area contributed by atoms with Gasteiger partial charge in [0.25, 0.3) is 5.91 Å². The number of piperazine rings is 1. The van der Waals surface area contributed by atoms with E-state index in [4.69, 9.17) is 0 Å². The summed E-state index contributed by atoms with van der Waals surface area (Å²) in [5, 5.41) is 7.74.